The van der Waals surface area contributed by atoms with Crippen LogP contribution in [-0.4, -0.2) is 58.9 Å². The molecule has 0 saturated carbocycles. The highest BCUT2D eigenvalue weighted by atomic mass is 16.5. The van der Waals surface area contributed by atoms with Gasteiger partial charge in [0.2, 0.25) is 0 Å². The summed E-state index contributed by atoms with van der Waals surface area (Å²) in [7, 11) is 3.76. The maximum Gasteiger partial charge on any atom is 0.295 e. The molecule has 36 heavy (non-hydrogen) atoms. The molecule has 7 heteroatoms. The summed E-state index contributed by atoms with van der Waals surface area (Å²) in [4.78, 5) is 29.4. The quantitative estimate of drug-likeness (QED) is 0.281. The lowest BCUT2D eigenvalue weighted by molar-refractivity contribution is -0.140. The Morgan fingerprint density at radius 1 is 1.00 bits per heavy atom. The zero-order valence-corrected chi connectivity index (χ0v) is 20.6. The number of aliphatic hydroxyl groups is 1. The maximum atomic E-state index is 13.1. The van der Waals surface area contributed by atoms with E-state index >= 15 is 0 Å². The van der Waals surface area contributed by atoms with Crippen molar-refractivity contribution in [3.63, 3.8) is 0 Å². The van der Waals surface area contributed by atoms with Gasteiger partial charge in [0, 0.05) is 18.7 Å². The fourth-order valence-electron chi connectivity index (χ4n) is 4.29. The normalized spacial score (nSPS) is 17.1. The molecular weight excluding hydrogens is 456 g/mol. The van der Waals surface area contributed by atoms with Crippen molar-refractivity contribution in [1.29, 1.82) is 0 Å². The number of phenolic OH excluding ortho intramolecular Hbond substituents is 1. The number of aryl methyl sites for hydroxylation is 1. The monoisotopic (exact) mass is 486 g/mol. The first-order valence-electron chi connectivity index (χ1n) is 11.8. The lowest BCUT2D eigenvalue weighted by Crippen LogP contribution is -2.35. The van der Waals surface area contributed by atoms with Gasteiger partial charge in [-0.05, 0) is 68.5 Å². The molecule has 3 aromatic carbocycles. The standard InChI is InChI=1S/C29H30N2O5/c1-19-6-4-7-20(16-19)18-36-24-12-10-21(11-13-24)27(33)25-26(22-8-5-9-23(32)17-22)31(15-14-30(2)3)29(35)28(25)34/h4-13,16-17,26,32-33H,14-15,18H2,1-3H3/b27-25+/t26-/m1/s1. The smallest absolute Gasteiger partial charge is 0.295 e. The van der Waals surface area contributed by atoms with Gasteiger partial charge in [0.05, 0.1) is 11.6 Å². The number of rotatable bonds is 8. The Morgan fingerprint density at radius 3 is 2.39 bits per heavy atom. The number of amides is 1. The number of likely N-dealkylation sites (N-methyl/N-ethyl adjacent to an activating group) is 1. The van der Waals surface area contributed by atoms with E-state index in [9.17, 15) is 19.8 Å². The van der Waals surface area contributed by atoms with Gasteiger partial charge in [0.1, 0.15) is 23.9 Å². The molecule has 2 N–H and O–H groups in total. The highest BCUT2D eigenvalue weighted by molar-refractivity contribution is 6.46. The molecule has 0 aliphatic carbocycles. The average Bonchev–Trinajstić information content (AvgIpc) is 3.11. The SMILES string of the molecule is Cc1cccc(COc2ccc(/C(O)=C3\C(=O)C(=O)N(CCN(C)C)[C@@H]3c3cccc(O)c3)cc2)c1. The number of Topliss-reactive ketones (excluding diaryl/α,β-unsaturated/α-hetero) is 1. The average molecular weight is 487 g/mol. The molecule has 7 nitrogen and oxygen atoms in total. The molecule has 186 valence electrons. The van der Waals surface area contributed by atoms with Gasteiger partial charge in [0.15, 0.2) is 0 Å². The van der Waals surface area contributed by atoms with Crippen LogP contribution in [-0.2, 0) is 16.2 Å². The van der Waals surface area contributed by atoms with E-state index in [-0.39, 0.29) is 17.1 Å². The van der Waals surface area contributed by atoms with Gasteiger partial charge in [-0.2, -0.15) is 0 Å². The number of carbonyl (C=O) groups excluding carboxylic acids is 2. The van der Waals surface area contributed by atoms with E-state index in [0.717, 1.165) is 11.1 Å². The zero-order chi connectivity index (χ0) is 25.8. The van der Waals surface area contributed by atoms with E-state index in [1.54, 1.807) is 36.4 Å². The van der Waals surface area contributed by atoms with Crippen LogP contribution in [0.3, 0.4) is 0 Å². The van der Waals surface area contributed by atoms with Crippen molar-refractivity contribution in [2.24, 2.45) is 0 Å². The summed E-state index contributed by atoms with van der Waals surface area (Å²) in [5.74, 6) is -1.06. The summed E-state index contributed by atoms with van der Waals surface area (Å²) in [5.41, 5.74) is 3.14. The molecule has 1 aliphatic heterocycles. The predicted octanol–water partition coefficient (Wildman–Crippen LogP) is 4.26. The van der Waals surface area contributed by atoms with E-state index in [1.807, 2.05) is 44.1 Å². The first-order chi connectivity index (χ1) is 17.2. The molecule has 0 unspecified atom stereocenters. The molecule has 0 aromatic heterocycles. The second-order valence-electron chi connectivity index (χ2n) is 9.19. The fourth-order valence-corrected chi connectivity index (χ4v) is 4.29. The Labute approximate surface area is 210 Å². The molecule has 1 saturated heterocycles. The van der Waals surface area contributed by atoms with Gasteiger partial charge in [-0.1, -0.05) is 42.0 Å². The van der Waals surface area contributed by atoms with Gasteiger partial charge < -0.3 is 24.7 Å². The topological polar surface area (TPSA) is 90.3 Å². The number of nitrogens with zero attached hydrogens (tertiary/aromatic N) is 2. The highest BCUT2D eigenvalue weighted by Crippen LogP contribution is 2.40. The molecule has 0 radical (unpaired) electrons. The highest BCUT2D eigenvalue weighted by Gasteiger charge is 2.46. The molecule has 3 aromatic rings. The predicted molar refractivity (Wildman–Crippen MR) is 138 cm³/mol. The van der Waals surface area contributed by atoms with E-state index in [0.29, 0.717) is 36.6 Å². The summed E-state index contributed by atoms with van der Waals surface area (Å²) < 4.78 is 5.86. The van der Waals surface area contributed by atoms with Crippen LogP contribution in [0, 0.1) is 6.92 Å². The van der Waals surface area contributed by atoms with Crippen molar-refractivity contribution in [1.82, 2.24) is 9.80 Å². The Bertz CT molecular complexity index is 1300. The number of likely N-dealkylation sites (tertiary alicyclic amines) is 1. The lowest BCUT2D eigenvalue weighted by atomic mass is 9.95. The largest absolute Gasteiger partial charge is 0.508 e. The number of aromatic hydroxyl groups is 1. The Morgan fingerprint density at radius 2 is 1.72 bits per heavy atom. The minimum atomic E-state index is -0.811. The van der Waals surface area contributed by atoms with Crippen LogP contribution in [0.2, 0.25) is 0 Å². The molecule has 1 atom stereocenters. The van der Waals surface area contributed by atoms with E-state index in [1.165, 1.54) is 17.0 Å². The van der Waals surface area contributed by atoms with Gasteiger partial charge in [-0.25, -0.2) is 0 Å². The van der Waals surface area contributed by atoms with Crippen LogP contribution in [0.15, 0.2) is 78.4 Å². The van der Waals surface area contributed by atoms with Gasteiger partial charge in [-0.15, -0.1) is 0 Å². The second-order valence-corrected chi connectivity index (χ2v) is 9.19. The number of benzene rings is 3. The van der Waals surface area contributed by atoms with E-state index < -0.39 is 17.7 Å². The molecule has 1 amide bonds. The number of hydrogen-bond acceptors (Lipinski definition) is 6. The fraction of sp³-hybridized carbons (Fsp3) is 0.241. The number of ether oxygens (including phenoxy) is 1. The maximum absolute atomic E-state index is 13.1. The number of aliphatic hydroxyl groups excluding tert-OH is 1. The third-order valence-electron chi connectivity index (χ3n) is 6.13. The lowest BCUT2D eigenvalue weighted by Gasteiger charge is -2.26. The number of hydrogen-bond donors (Lipinski definition) is 2. The molecule has 4 rings (SSSR count). The molecule has 1 fully saturated rings. The van der Waals surface area contributed by atoms with Gasteiger partial charge >= 0.3 is 0 Å². The summed E-state index contributed by atoms with van der Waals surface area (Å²) in [5, 5.41) is 21.2. The van der Waals surface area contributed by atoms with Crippen LogP contribution in [0.25, 0.3) is 5.76 Å². The second kappa shape index (κ2) is 10.7. The van der Waals surface area contributed by atoms with Crippen molar-refractivity contribution in [2.75, 3.05) is 27.2 Å². The first-order valence-corrected chi connectivity index (χ1v) is 11.8. The summed E-state index contributed by atoms with van der Waals surface area (Å²) in [6.07, 6.45) is 0. The molecular formula is C29H30N2O5. The van der Waals surface area contributed by atoms with Crippen LogP contribution in [0.5, 0.6) is 11.5 Å². The Kier molecular flexibility index (Phi) is 7.41. The van der Waals surface area contributed by atoms with E-state index in [4.69, 9.17) is 4.74 Å². The molecule has 1 heterocycles. The van der Waals surface area contributed by atoms with Crippen LogP contribution >= 0.6 is 0 Å². The third-order valence-corrected chi connectivity index (χ3v) is 6.13. The number of carbonyl (C=O) groups is 2. The summed E-state index contributed by atoms with van der Waals surface area (Å²) in [6, 6.07) is 20.4. The summed E-state index contributed by atoms with van der Waals surface area (Å²) >= 11 is 0. The van der Waals surface area contributed by atoms with Gasteiger partial charge in [0.25, 0.3) is 11.7 Å². The Hall–Kier alpha value is -4.10. The first kappa shape index (κ1) is 25.0. The van der Waals surface area contributed by atoms with Crippen LogP contribution in [0.1, 0.15) is 28.3 Å². The van der Waals surface area contributed by atoms with Crippen LogP contribution < -0.4 is 4.74 Å². The van der Waals surface area contributed by atoms with Crippen molar-refractivity contribution in [2.45, 2.75) is 19.6 Å². The van der Waals surface area contributed by atoms with E-state index in [2.05, 4.69) is 6.07 Å². The van der Waals surface area contributed by atoms with Gasteiger partial charge in [-0.3, -0.25) is 9.59 Å². The minimum Gasteiger partial charge on any atom is -0.508 e. The molecule has 1 aliphatic rings. The van der Waals surface area contributed by atoms with Crippen molar-refractivity contribution >= 4 is 17.4 Å². The molecule has 0 spiro atoms. The van der Waals surface area contributed by atoms with Crippen molar-refractivity contribution in [3.05, 3.63) is 101 Å². The third kappa shape index (κ3) is 5.42. The number of ketones is 1. The minimum absolute atomic E-state index is 0.00205. The zero-order valence-electron chi connectivity index (χ0n) is 20.6. The number of phenols is 1. The molecule has 0 bridgehead atoms. The Balaban J connectivity index is 1.64. The van der Waals surface area contributed by atoms with Crippen molar-refractivity contribution < 1.29 is 24.5 Å². The summed E-state index contributed by atoms with van der Waals surface area (Å²) in [6.45, 7) is 3.26. The van der Waals surface area contributed by atoms with Crippen LogP contribution in [0.4, 0.5) is 0 Å². The van der Waals surface area contributed by atoms with Crippen molar-refractivity contribution in [3.8, 4) is 11.5 Å².